The van der Waals surface area contributed by atoms with Gasteiger partial charge in [-0.05, 0) is 6.92 Å². The predicted molar refractivity (Wildman–Crippen MR) is 52.0 cm³/mol. The van der Waals surface area contributed by atoms with Crippen LogP contribution < -0.4 is 0 Å². The fraction of sp³-hybridized carbons (Fsp3) is 0.273. The average molecular weight is 267 g/mol. The third-order valence-corrected chi connectivity index (χ3v) is 1.19. The second kappa shape index (κ2) is 10.7. The van der Waals surface area contributed by atoms with Gasteiger partial charge in [-0.3, -0.25) is 11.7 Å². The summed E-state index contributed by atoms with van der Waals surface area (Å²) in [5.41, 5.74) is 1.29. The van der Waals surface area contributed by atoms with E-state index in [0.717, 1.165) is 0 Å². The Labute approximate surface area is 111 Å². The summed E-state index contributed by atoms with van der Waals surface area (Å²) < 4.78 is 4.29. The summed E-state index contributed by atoms with van der Waals surface area (Å²) in [5, 5.41) is 0. The number of esters is 1. The molecular formula is C11H14O2Y-2. The Bertz CT molecular complexity index is 234. The molecule has 0 N–H and O–H groups in total. The summed E-state index contributed by atoms with van der Waals surface area (Å²) in [5.74, 6) is -0.461. The van der Waals surface area contributed by atoms with E-state index in [-0.39, 0.29) is 32.7 Å². The van der Waals surface area contributed by atoms with E-state index in [9.17, 15) is 4.79 Å². The Morgan fingerprint density at radius 3 is 2.14 bits per heavy atom. The maximum absolute atomic E-state index is 9.71. The smallest absolute Gasteiger partial charge is 0.164 e. The van der Waals surface area contributed by atoms with Gasteiger partial charge in [-0.1, -0.05) is 6.92 Å². The predicted octanol–water partition coefficient (Wildman–Crippen LogP) is 2.18. The van der Waals surface area contributed by atoms with Gasteiger partial charge in [0.25, 0.3) is 0 Å². The molecule has 0 unspecified atom stereocenters. The van der Waals surface area contributed by atoms with Crippen molar-refractivity contribution in [1.82, 2.24) is 0 Å². The SMILES string of the molecule is Cc1cc[c-]cc1.[CH2-]C(=O)OCC.[Y]. The molecule has 0 aliphatic heterocycles. The van der Waals surface area contributed by atoms with Crippen LogP contribution in [0.4, 0.5) is 0 Å². The number of benzene rings is 1. The first-order valence-corrected chi connectivity index (χ1v) is 4.08. The van der Waals surface area contributed by atoms with Crippen molar-refractivity contribution >= 4 is 5.97 Å². The van der Waals surface area contributed by atoms with Crippen LogP contribution in [0, 0.1) is 19.9 Å². The largest absolute Gasteiger partial charge is 0.489 e. The van der Waals surface area contributed by atoms with Crippen LogP contribution >= 0.6 is 0 Å². The van der Waals surface area contributed by atoms with Crippen molar-refractivity contribution in [3.05, 3.63) is 42.8 Å². The van der Waals surface area contributed by atoms with E-state index in [1.54, 1.807) is 6.92 Å². The minimum Gasteiger partial charge on any atom is -0.489 e. The van der Waals surface area contributed by atoms with Crippen molar-refractivity contribution in [2.75, 3.05) is 6.61 Å². The van der Waals surface area contributed by atoms with Crippen molar-refractivity contribution in [2.45, 2.75) is 13.8 Å². The molecule has 0 saturated carbocycles. The third kappa shape index (κ3) is 11.7. The molecule has 0 bridgehead atoms. The van der Waals surface area contributed by atoms with E-state index < -0.39 is 5.97 Å². The zero-order chi connectivity index (χ0) is 10.1. The maximum atomic E-state index is 9.71. The molecule has 75 valence electrons. The van der Waals surface area contributed by atoms with Crippen LogP contribution in [0.1, 0.15) is 12.5 Å². The molecule has 1 aromatic rings. The van der Waals surface area contributed by atoms with Crippen molar-refractivity contribution in [3.63, 3.8) is 0 Å². The Hall–Kier alpha value is -0.336. The summed E-state index contributed by atoms with van der Waals surface area (Å²) in [6, 6.07) is 10.8. The number of aryl methyl sites for hydroxylation is 1. The van der Waals surface area contributed by atoms with Gasteiger partial charge in [-0.15, -0.1) is 0 Å². The second-order valence-electron chi connectivity index (χ2n) is 2.38. The Morgan fingerprint density at radius 1 is 1.50 bits per heavy atom. The zero-order valence-electron chi connectivity index (χ0n) is 8.62. The summed E-state index contributed by atoms with van der Waals surface area (Å²) in [7, 11) is 0. The number of hydrogen-bond donors (Lipinski definition) is 0. The quantitative estimate of drug-likeness (QED) is 0.576. The van der Waals surface area contributed by atoms with Crippen LogP contribution in [0.3, 0.4) is 0 Å². The molecule has 0 aliphatic rings. The van der Waals surface area contributed by atoms with Crippen LogP contribution in [0.5, 0.6) is 0 Å². The van der Waals surface area contributed by atoms with E-state index in [1.807, 2.05) is 24.3 Å². The van der Waals surface area contributed by atoms with Crippen molar-refractivity contribution < 1.29 is 42.2 Å². The number of carbonyl (C=O) groups is 1. The molecule has 0 saturated heterocycles. The zero-order valence-corrected chi connectivity index (χ0v) is 11.5. The van der Waals surface area contributed by atoms with Crippen LogP contribution in [-0.2, 0) is 42.2 Å². The Kier molecular flexibility index (Phi) is 12.4. The second-order valence-corrected chi connectivity index (χ2v) is 2.38. The minimum absolute atomic E-state index is 0. The average Bonchev–Trinajstić information content (AvgIpc) is 2.06. The minimum atomic E-state index is -0.461. The molecule has 0 aliphatic carbocycles. The van der Waals surface area contributed by atoms with Gasteiger partial charge in [0.1, 0.15) is 0 Å². The first-order chi connectivity index (χ1) is 6.16. The molecule has 1 rings (SSSR count). The number of hydrogen-bond acceptors (Lipinski definition) is 2. The molecule has 1 radical (unpaired) electrons. The van der Waals surface area contributed by atoms with Gasteiger partial charge in [0.2, 0.25) is 0 Å². The van der Waals surface area contributed by atoms with Crippen molar-refractivity contribution in [3.8, 4) is 0 Å². The molecule has 0 amide bonds. The normalized spacial score (nSPS) is 7.57. The molecule has 14 heavy (non-hydrogen) atoms. The number of carbonyl (C=O) groups excluding carboxylic acids is 1. The topological polar surface area (TPSA) is 26.3 Å². The maximum Gasteiger partial charge on any atom is 0.164 e. The number of ether oxygens (including phenoxy) is 1. The molecule has 3 heteroatoms. The Morgan fingerprint density at radius 2 is 2.00 bits per heavy atom. The molecule has 0 heterocycles. The van der Waals surface area contributed by atoms with Crippen molar-refractivity contribution in [2.24, 2.45) is 0 Å². The van der Waals surface area contributed by atoms with Gasteiger partial charge in [0.05, 0.1) is 6.61 Å². The molecule has 1 aromatic carbocycles. The summed E-state index contributed by atoms with van der Waals surface area (Å²) >= 11 is 0. The van der Waals surface area contributed by atoms with Crippen LogP contribution in [0.15, 0.2) is 24.3 Å². The van der Waals surface area contributed by atoms with Gasteiger partial charge in [0, 0.05) is 32.7 Å². The summed E-state index contributed by atoms with van der Waals surface area (Å²) in [4.78, 5) is 9.71. The monoisotopic (exact) mass is 267 g/mol. The first-order valence-electron chi connectivity index (χ1n) is 4.08. The van der Waals surface area contributed by atoms with E-state index in [4.69, 9.17) is 0 Å². The fourth-order valence-corrected chi connectivity index (χ4v) is 0.631. The van der Waals surface area contributed by atoms with Gasteiger partial charge >= 0.3 is 0 Å². The summed E-state index contributed by atoms with van der Waals surface area (Å²) in [6.45, 7) is 7.19. The molecule has 2 nitrogen and oxygen atoms in total. The molecule has 0 spiro atoms. The molecule has 0 fully saturated rings. The molecule has 0 atom stereocenters. The fourth-order valence-electron chi connectivity index (χ4n) is 0.631. The van der Waals surface area contributed by atoms with E-state index in [2.05, 4.69) is 24.7 Å². The van der Waals surface area contributed by atoms with Gasteiger partial charge in [0.15, 0.2) is 5.97 Å². The Balaban J connectivity index is 0. The summed E-state index contributed by atoms with van der Waals surface area (Å²) in [6.07, 6.45) is 0. The first kappa shape index (κ1) is 16.1. The van der Waals surface area contributed by atoms with Gasteiger partial charge in [-0.2, -0.15) is 35.9 Å². The standard InChI is InChI=1S/C7H7.C4H7O2.Y/c1-7-5-3-2-4-6-7;1-3-6-4(2)5;/h3-6H,1H3;2-3H2,1H3;/q2*-1;. The third-order valence-electron chi connectivity index (χ3n) is 1.19. The number of rotatable bonds is 1. The molecule has 0 aromatic heterocycles. The van der Waals surface area contributed by atoms with Crippen molar-refractivity contribution in [1.29, 1.82) is 0 Å². The van der Waals surface area contributed by atoms with Crippen LogP contribution in [0.25, 0.3) is 0 Å². The van der Waals surface area contributed by atoms with E-state index in [0.29, 0.717) is 6.61 Å². The van der Waals surface area contributed by atoms with Crippen LogP contribution in [-0.4, -0.2) is 12.6 Å². The van der Waals surface area contributed by atoms with Gasteiger partial charge < -0.3 is 4.74 Å². The van der Waals surface area contributed by atoms with Gasteiger partial charge in [-0.25, -0.2) is 0 Å². The van der Waals surface area contributed by atoms with Crippen LogP contribution in [0.2, 0.25) is 0 Å². The van der Waals surface area contributed by atoms with E-state index in [1.165, 1.54) is 5.56 Å². The molecular weight excluding hydrogens is 253 g/mol. The van der Waals surface area contributed by atoms with E-state index >= 15 is 0 Å².